The summed E-state index contributed by atoms with van der Waals surface area (Å²) >= 11 is 0. The van der Waals surface area contributed by atoms with Crippen molar-refractivity contribution in [3.8, 4) is 5.75 Å². The predicted octanol–water partition coefficient (Wildman–Crippen LogP) is 3.58. The fraction of sp³-hybridized carbons (Fsp3) is 0.650. The van der Waals surface area contributed by atoms with Crippen LogP contribution in [0.3, 0.4) is 0 Å². The lowest BCUT2D eigenvalue weighted by Crippen LogP contribution is -2.43. The number of likely N-dealkylation sites (tertiary alicyclic amines) is 1. The summed E-state index contributed by atoms with van der Waals surface area (Å²) in [5, 5.41) is 0. The Morgan fingerprint density at radius 3 is 2.79 bits per heavy atom. The maximum absolute atomic E-state index is 12.4. The van der Waals surface area contributed by atoms with E-state index >= 15 is 0 Å². The Labute approximate surface area is 145 Å². The van der Waals surface area contributed by atoms with Gasteiger partial charge in [0.15, 0.2) is 0 Å². The van der Waals surface area contributed by atoms with Crippen LogP contribution in [-0.4, -0.2) is 42.7 Å². The molecule has 3 rings (SSSR count). The Balaban J connectivity index is 1.44. The molecule has 2 heterocycles. The van der Waals surface area contributed by atoms with E-state index in [2.05, 4.69) is 25.1 Å². The van der Waals surface area contributed by atoms with E-state index in [0.29, 0.717) is 6.42 Å². The third-order valence-corrected chi connectivity index (χ3v) is 5.08. The SMILES string of the molecule is CCc1cccc(OC2CCN(C(=O)CC3CCCCO3)CC2)c1. The van der Waals surface area contributed by atoms with Gasteiger partial charge in [0.25, 0.3) is 0 Å². The molecular formula is C20H29NO3. The maximum Gasteiger partial charge on any atom is 0.225 e. The molecule has 0 saturated carbocycles. The molecule has 132 valence electrons. The van der Waals surface area contributed by atoms with E-state index in [1.165, 1.54) is 12.0 Å². The molecule has 2 fully saturated rings. The monoisotopic (exact) mass is 331 g/mol. The van der Waals surface area contributed by atoms with Crippen molar-refractivity contribution in [2.75, 3.05) is 19.7 Å². The topological polar surface area (TPSA) is 38.8 Å². The van der Waals surface area contributed by atoms with Crippen LogP contribution in [0.1, 0.15) is 51.0 Å². The van der Waals surface area contributed by atoms with Gasteiger partial charge in [0, 0.05) is 32.5 Å². The molecule has 0 spiro atoms. The van der Waals surface area contributed by atoms with E-state index in [4.69, 9.17) is 9.47 Å². The van der Waals surface area contributed by atoms with Crippen molar-refractivity contribution in [2.24, 2.45) is 0 Å². The van der Waals surface area contributed by atoms with Gasteiger partial charge in [-0.15, -0.1) is 0 Å². The van der Waals surface area contributed by atoms with Gasteiger partial charge in [0.05, 0.1) is 12.5 Å². The van der Waals surface area contributed by atoms with Gasteiger partial charge in [0.1, 0.15) is 11.9 Å². The van der Waals surface area contributed by atoms with E-state index in [0.717, 1.165) is 57.6 Å². The lowest BCUT2D eigenvalue weighted by molar-refractivity contribution is -0.136. The van der Waals surface area contributed by atoms with E-state index in [1.54, 1.807) is 0 Å². The minimum absolute atomic E-state index is 0.136. The molecule has 0 N–H and O–H groups in total. The first kappa shape index (κ1) is 17.3. The van der Waals surface area contributed by atoms with E-state index in [9.17, 15) is 4.79 Å². The Bertz CT molecular complexity index is 531. The predicted molar refractivity (Wildman–Crippen MR) is 94.3 cm³/mol. The average Bonchev–Trinajstić information content (AvgIpc) is 2.63. The smallest absolute Gasteiger partial charge is 0.225 e. The molecular weight excluding hydrogens is 302 g/mol. The number of amides is 1. The highest BCUT2D eigenvalue weighted by atomic mass is 16.5. The number of piperidine rings is 1. The number of hydrogen-bond acceptors (Lipinski definition) is 3. The zero-order chi connectivity index (χ0) is 16.8. The van der Waals surface area contributed by atoms with Gasteiger partial charge in [-0.2, -0.15) is 0 Å². The van der Waals surface area contributed by atoms with E-state index < -0.39 is 0 Å². The number of benzene rings is 1. The average molecular weight is 331 g/mol. The van der Waals surface area contributed by atoms with Crippen molar-refractivity contribution >= 4 is 5.91 Å². The second-order valence-electron chi connectivity index (χ2n) is 6.89. The molecule has 24 heavy (non-hydrogen) atoms. The van der Waals surface area contributed by atoms with Gasteiger partial charge >= 0.3 is 0 Å². The van der Waals surface area contributed by atoms with Crippen LogP contribution in [-0.2, 0) is 16.0 Å². The highest BCUT2D eigenvalue weighted by Crippen LogP contribution is 2.22. The van der Waals surface area contributed by atoms with Crippen molar-refractivity contribution in [1.82, 2.24) is 4.90 Å². The highest BCUT2D eigenvalue weighted by Gasteiger charge is 2.26. The molecule has 0 aromatic heterocycles. The van der Waals surface area contributed by atoms with Crippen molar-refractivity contribution < 1.29 is 14.3 Å². The standard InChI is InChI=1S/C20H29NO3/c1-2-16-6-5-8-19(14-16)24-17-9-11-21(12-10-17)20(22)15-18-7-3-4-13-23-18/h5-6,8,14,17-18H,2-4,7,9-13,15H2,1H3. The van der Waals surface area contributed by atoms with Gasteiger partial charge in [-0.3, -0.25) is 4.79 Å². The van der Waals surface area contributed by atoms with E-state index in [1.807, 2.05) is 11.0 Å². The molecule has 4 heteroatoms. The zero-order valence-electron chi connectivity index (χ0n) is 14.7. The number of ether oxygens (including phenoxy) is 2. The first-order valence-corrected chi connectivity index (χ1v) is 9.39. The highest BCUT2D eigenvalue weighted by molar-refractivity contribution is 5.76. The molecule has 2 saturated heterocycles. The number of nitrogens with zero attached hydrogens (tertiary/aromatic N) is 1. The molecule has 4 nitrogen and oxygen atoms in total. The first-order valence-electron chi connectivity index (χ1n) is 9.39. The molecule has 2 aliphatic rings. The molecule has 1 aromatic carbocycles. The molecule has 1 amide bonds. The lowest BCUT2D eigenvalue weighted by atomic mass is 10.0. The summed E-state index contributed by atoms with van der Waals surface area (Å²) in [6.07, 6.45) is 7.08. The Morgan fingerprint density at radius 1 is 1.25 bits per heavy atom. The summed E-state index contributed by atoms with van der Waals surface area (Å²) < 4.78 is 11.8. The van der Waals surface area contributed by atoms with Gasteiger partial charge in [-0.05, 0) is 43.4 Å². The van der Waals surface area contributed by atoms with Crippen molar-refractivity contribution in [3.63, 3.8) is 0 Å². The summed E-state index contributed by atoms with van der Waals surface area (Å²) in [6.45, 7) is 4.55. The van der Waals surface area contributed by atoms with Gasteiger partial charge in [0.2, 0.25) is 5.91 Å². The fourth-order valence-corrected chi connectivity index (χ4v) is 3.55. The van der Waals surface area contributed by atoms with Crippen LogP contribution in [0.2, 0.25) is 0 Å². The number of aryl methyl sites for hydroxylation is 1. The summed E-state index contributed by atoms with van der Waals surface area (Å²) in [7, 11) is 0. The minimum atomic E-state index is 0.136. The van der Waals surface area contributed by atoms with Crippen LogP contribution in [0.25, 0.3) is 0 Å². The quantitative estimate of drug-likeness (QED) is 0.828. The summed E-state index contributed by atoms with van der Waals surface area (Å²) in [6, 6.07) is 8.33. The summed E-state index contributed by atoms with van der Waals surface area (Å²) in [4.78, 5) is 14.4. The molecule has 0 radical (unpaired) electrons. The number of carbonyl (C=O) groups excluding carboxylic acids is 1. The number of carbonyl (C=O) groups is 1. The van der Waals surface area contributed by atoms with E-state index in [-0.39, 0.29) is 18.1 Å². The third kappa shape index (κ3) is 4.73. The normalized spacial score (nSPS) is 22.4. The summed E-state index contributed by atoms with van der Waals surface area (Å²) in [5.74, 6) is 1.20. The van der Waals surface area contributed by atoms with Crippen LogP contribution in [0, 0.1) is 0 Å². The Kier molecular flexibility index (Phi) is 6.13. The van der Waals surface area contributed by atoms with Crippen molar-refractivity contribution in [2.45, 2.75) is 64.1 Å². The third-order valence-electron chi connectivity index (χ3n) is 5.08. The molecule has 2 aliphatic heterocycles. The molecule has 1 unspecified atom stereocenters. The Morgan fingerprint density at radius 2 is 2.08 bits per heavy atom. The second-order valence-corrected chi connectivity index (χ2v) is 6.89. The number of rotatable bonds is 5. The largest absolute Gasteiger partial charge is 0.490 e. The van der Waals surface area contributed by atoms with Gasteiger partial charge in [-0.25, -0.2) is 0 Å². The number of hydrogen-bond donors (Lipinski definition) is 0. The molecule has 0 bridgehead atoms. The fourth-order valence-electron chi connectivity index (χ4n) is 3.55. The molecule has 1 atom stereocenters. The lowest BCUT2D eigenvalue weighted by Gasteiger charge is -2.33. The van der Waals surface area contributed by atoms with Crippen LogP contribution in [0.5, 0.6) is 5.75 Å². The van der Waals surface area contributed by atoms with Crippen LogP contribution in [0.4, 0.5) is 0 Å². The van der Waals surface area contributed by atoms with Gasteiger partial charge in [-0.1, -0.05) is 19.1 Å². The zero-order valence-corrected chi connectivity index (χ0v) is 14.7. The van der Waals surface area contributed by atoms with Crippen LogP contribution < -0.4 is 4.74 Å². The molecule has 1 aromatic rings. The Hall–Kier alpha value is -1.55. The maximum atomic E-state index is 12.4. The first-order chi connectivity index (χ1) is 11.7. The minimum Gasteiger partial charge on any atom is -0.490 e. The van der Waals surface area contributed by atoms with Crippen LogP contribution >= 0.6 is 0 Å². The summed E-state index contributed by atoms with van der Waals surface area (Å²) in [5.41, 5.74) is 1.30. The van der Waals surface area contributed by atoms with Crippen molar-refractivity contribution in [3.05, 3.63) is 29.8 Å². The van der Waals surface area contributed by atoms with Crippen molar-refractivity contribution in [1.29, 1.82) is 0 Å². The second kappa shape index (κ2) is 8.52. The van der Waals surface area contributed by atoms with Crippen LogP contribution in [0.15, 0.2) is 24.3 Å². The molecule has 0 aliphatic carbocycles. The van der Waals surface area contributed by atoms with Gasteiger partial charge < -0.3 is 14.4 Å².